The molecule has 4 aromatic carbocycles. The molecule has 0 saturated carbocycles. The lowest BCUT2D eigenvalue weighted by atomic mass is 10.0. The molecular formula is C25H19NO3. The molecule has 0 radical (unpaired) electrons. The van der Waals surface area contributed by atoms with E-state index in [4.69, 9.17) is 4.74 Å². The van der Waals surface area contributed by atoms with E-state index in [-0.39, 0.29) is 11.3 Å². The standard InChI is InChI=1S/C25H19NO3/c1-29-25(28)24-22(27)12-11-20-23(24)19-13-17-9-5-6-10-18(17)14-21(19)26(20)15-16-7-3-2-4-8-16/h2-14,27H,15H2,1H3. The number of hydrogen-bond donors (Lipinski definition) is 1. The molecule has 0 unspecified atom stereocenters. The molecule has 29 heavy (non-hydrogen) atoms. The number of nitrogens with zero attached hydrogens (tertiary/aromatic N) is 1. The number of phenolic OH excluding ortho intramolecular Hbond substituents is 1. The van der Waals surface area contributed by atoms with Crippen LogP contribution in [0.1, 0.15) is 15.9 Å². The predicted octanol–water partition coefficient (Wildman–Crippen LogP) is 5.49. The first-order valence-electron chi connectivity index (χ1n) is 9.46. The molecule has 4 nitrogen and oxygen atoms in total. The summed E-state index contributed by atoms with van der Waals surface area (Å²) in [5.74, 6) is -0.615. The number of carbonyl (C=O) groups excluding carboxylic acids is 1. The highest BCUT2D eigenvalue weighted by Crippen LogP contribution is 2.38. The van der Waals surface area contributed by atoms with Gasteiger partial charge in [-0.15, -0.1) is 0 Å². The Hall–Kier alpha value is -3.79. The summed E-state index contributed by atoms with van der Waals surface area (Å²) in [5.41, 5.74) is 3.26. The zero-order valence-electron chi connectivity index (χ0n) is 15.9. The number of aromatic hydroxyl groups is 1. The molecule has 1 aromatic heterocycles. The molecule has 0 atom stereocenters. The van der Waals surface area contributed by atoms with Gasteiger partial charge in [-0.05, 0) is 40.6 Å². The lowest BCUT2D eigenvalue weighted by Gasteiger charge is -2.09. The Kier molecular flexibility index (Phi) is 3.98. The first-order chi connectivity index (χ1) is 14.2. The third-order valence-corrected chi connectivity index (χ3v) is 5.45. The fraction of sp³-hybridized carbons (Fsp3) is 0.0800. The zero-order valence-corrected chi connectivity index (χ0v) is 15.9. The number of esters is 1. The van der Waals surface area contributed by atoms with E-state index in [2.05, 4.69) is 41.0 Å². The van der Waals surface area contributed by atoms with Gasteiger partial charge in [-0.2, -0.15) is 0 Å². The molecule has 1 N–H and O–H groups in total. The highest BCUT2D eigenvalue weighted by atomic mass is 16.5. The molecule has 0 fully saturated rings. The van der Waals surface area contributed by atoms with Crippen LogP contribution in [0.5, 0.6) is 5.75 Å². The average Bonchev–Trinajstić information content (AvgIpc) is 3.05. The summed E-state index contributed by atoms with van der Waals surface area (Å²) in [7, 11) is 1.33. The van der Waals surface area contributed by atoms with Gasteiger partial charge in [-0.25, -0.2) is 4.79 Å². The van der Waals surface area contributed by atoms with E-state index in [1.165, 1.54) is 7.11 Å². The summed E-state index contributed by atoms with van der Waals surface area (Å²) < 4.78 is 7.17. The van der Waals surface area contributed by atoms with E-state index in [0.717, 1.165) is 32.8 Å². The highest BCUT2D eigenvalue weighted by Gasteiger charge is 2.22. The van der Waals surface area contributed by atoms with Crippen molar-refractivity contribution < 1.29 is 14.6 Å². The normalized spacial score (nSPS) is 11.3. The van der Waals surface area contributed by atoms with E-state index in [0.29, 0.717) is 11.9 Å². The monoisotopic (exact) mass is 381 g/mol. The largest absolute Gasteiger partial charge is 0.507 e. The minimum absolute atomic E-state index is 0.0729. The lowest BCUT2D eigenvalue weighted by molar-refractivity contribution is 0.0600. The summed E-state index contributed by atoms with van der Waals surface area (Å²) in [6.45, 7) is 0.657. The highest BCUT2D eigenvalue weighted by molar-refractivity contribution is 6.20. The Morgan fingerprint density at radius 2 is 1.59 bits per heavy atom. The van der Waals surface area contributed by atoms with Gasteiger partial charge in [0.05, 0.1) is 18.1 Å². The van der Waals surface area contributed by atoms with Gasteiger partial charge < -0.3 is 14.4 Å². The van der Waals surface area contributed by atoms with Crippen molar-refractivity contribution in [3.8, 4) is 5.75 Å². The first kappa shape index (κ1) is 17.3. The molecule has 0 aliphatic rings. The van der Waals surface area contributed by atoms with Crippen LogP contribution in [0.4, 0.5) is 0 Å². The number of aromatic nitrogens is 1. The van der Waals surface area contributed by atoms with E-state index in [1.54, 1.807) is 6.07 Å². The van der Waals surface area contributed by atoms with E-state index in [1.807, 2.05) is 36.4 Å². The van der Waals surface area contributed by atoms with Crippen LogP contribution in [0.2, 0.25) is 0 Å². The van der Waals surface area contributed by atoms with Crippen molar-refractivity contribution in [1.82, 2.24) is 4.57 Å². The molecule has 4 heteroatoms. The number of benzene rings is 4. The van der Waals surface area contributed by atoms with Crippen LogP contribution in [0.25, 0.3) is 32.6 Å². The number of methoxy groups -OCH3 is 1. The topological polar surface area (TPSA) is 51.5 Å². The van der Waals surface area contributed by atoms with Crippen LogP contribution < -0.4 is 0 Å². The molecule has 5 aromatic rings. The molecule has 0 aliphatic carbocycles. The SMILES string of the molecule is COC(=O)c1c(O)ccc2c1c1cc3ccccc3cc1n2Cc1ccccc1. The third-order valence-electron chi connectivity index (χ3n) is 5.45. The summed E-state index contributed by atoms with van der Waals surface area (Å²) in [4.78, 5) is 12.5. The summed E-state index contributed by atoms with van der Waals surface area (Å²) >= 11 is 0. The van der Waals surface area contributed by atoms with Crippen LogP contribution in [0, 0.1) is 0 Å². The summed E-state index contributed by atoms with van der Waals surface area (Å²) in [6.07, 6.45) is 0. The van der Waals surface area contributed by atoms with Crippen molar-refractivity contribution in [3.63, 3.8) is 0 Å². The van der Waals surface area contributed by atoms with Crippen LogP contribution in [0.3, 0.4) is 0 Å². The second kappa shape index (κ2) is 6.67. The number of carbonyl (C=O) groups is 1. The first-order valence-corrected chi connectivity index (χ1v) is 9.46. The predicted molar refractivity (Wildman–Crippen MR) is 115 cm³/mol. The smallest absolute Gasteiger partial charge is 0.342 e. The molecule has 0 aliphatic heterocycles. The van der Waals surface area contributed by atoms with Gasteiger partial charge in [0, 0.05) is 17.3 Å². The van der Waals surface area contributed by atoms with E-state index < -0.39 is 5.97 Å². The Labute approximate surface area is 167 Å². The van der Waals surface area contributed by atoms with Crippen molar-refractivity contribution in [2.24, 2.45) is 0 Å². The maximum absolute atomic E-state index is 12.5. The molecule has 0 saturated heterocycles. The number of rotatable bonds is 3. The molecule has 1 heterocycles. The molecule has 0 bridgehead atoms. The Morgan fingerprint density at radius 3 is 2.31 bits per heavy atom. The van der Waals surface area contributed by atoms with Gasteiger partial charge in [-0.1, -0.05) is 54.6 Å². The Bertz CT molecular complexity index is 1380. The third kappa shape index (κ3) is 2.72. The van der Waals surface area contributed by atoms with Crippen molar-refractivity contribution in [1.29, 1.82) is 0 Å². The Balaban J connectivity index is 1.93. The summed E-state index contributed by atoms with van der Waals surface area (Å²) in [5, 5.41) is 14.3. The van der Waals surface area contributed by atoms with E-state index in [9.17, 15) is 9.90 Å². The quantitative estimate of drug-likeness (QED) is 0.421. The second-order valence-corrected chi connectivity index (χ2v) is 7.13. The second-order valence-electron chi connectivity index (χ2n) is 7.13. The van der Waals surface area contributed by atoms with Crippen molar-refractivity contribution >= 4 is 38.5 Å². The number of phenols is 1. The minimum Gasteiger partial charge on any atom is -0.507 e. The molecule has 142 valence electrons. The van der Waals surface area contributed by atoms with Gasteiger partial charge in [-0.3, -0.25) is 0 Å². The number of fused-ring (bicyclic) bond motifs is 4. The van der Waals surface area contributed by atoms with Crippen LogP contribution in [-0.4, -0.2) is 22.8 Å². The summed E-state index contributed by atoms with van der Waals surface area (Å²) in [6, 6.07) is 26.0. The fourth-order valence-electron chi connectivity index (χ4n) is 4.10. The van der Waals surface area contributed by atoms with Crippen molar-refractivity contribution in [3.05, 3.63) is 90.0 Å². The Morgan fingerprint density at radius 1 is 0.897 bits per heavy atom. The number of ether oxygens (including phenoxy) is 1. The van der Waals surface area contributed by atoms with Crippen LogP contribution in [-0.2, 0) is 11.3 Å². The fourth-order valence-corrected chi connectivity index (χ4v) is 4.10. The lowest BCUT2D eigenvalue weighted by Crippen LogP contribution is -2.03. The van der Waals surface area contributed by atoms with Crippen LogP contribution >= 0.6 is 0 Å². The van der Waals surface area contributed by atoms with Crippen molar-refractivity contribution in [2.45, 2.75) is 6.54 Å². The average molecular weight is 381 g/mol. The molecule has 0 spiro atoms. The van der Waals surface area contributed by atoms with Gasteiger partial charge in [0.25, 0.3) is 0 Å². The molecule has 5 rings (SSSR count). The van der Waals surface area contributed by atoms with Gasteiger partial charge in [0.2, 0.25) is 0 Å². The maximum atomic E-state index is 12.5. The van der Waals surface area contributed by atoms with Crippen molar-refractivity contribution in [2.75, 3.05) is 7.11 Å². The maximum Gasteiger partial charge on any atom is 0.342 e. The zero-order chi connectivity index (χ0) is 20.0. The molecular weight excluding hydrogens is 362 g/mol. The minimum atomic E-state index is -0.542. The van der Waals surface area contributed by atoms with E-state index >= 15 is 0 Å². The number of hydrogen-bond acceptors (Lipinski definition) is 3. The van der Waals surface area contributed by atoms with Crippen LogP contribution in [0.15, 0.2) is 78.9 Å². The van der Waals surface area contributed by atoms with Gasteiger partial charge in [0.1, 0.15) is 11.3 Å². The van der Waals surface area contributed by atoms with Gasteiger partial charge >= 0.3 is 5.97 Å². The van der Waals surface area contributed by atoms with Gasteiger partial charge in [0.15, 0.2) is 0 Å². The molecule has 0 amide bonds.